The van der Waals surface area contributed by atoms with E-state index in [1.807, 2.05) is 68.4 Å². The highest BCUT2D eigenvalue weighted by atomic mass is 32.2. The Labute approximate surface area is 230 Å². The minimum absolute atomic E-state index is 0.0595. The number of methoxy groups -OCH3 is 2. The molecule has 39 heavy (non-hydrogen) atoms. The van der Waals surface area contributed by atoms with Crippen LogP contribution in [0.5, 0.6) is 11.5 Å². The van der Waals surface area contributed by atoms with Crippen molar-refractivity contribution in [1.29, 1.82) is 0 Å². The molecular formula is C31H32N2O5S. The number of nitrogens with zero attached hydrogens (tertiary/aromatic N) is 1. The van der Waals surface area contributed by atoms with Gasteiger partial charge < -0.3 is 14.8 Å². The molecule has 0 saturated carbocycles. The molecule has 7 nitrogen and oxygen atoms in total. The second kappa shape index (κ2) is 12.0. The molecule has 8 heteroatoms. The van der Waals surface area contributed by atoms with E-state index in [1.165, 1.54) is 26.4 Å². The molecule has 0 bridgehead atoms. The minimum Gasteiger partial charge on any atom is -0.497 e. The Morgan fingerprint density at radius 1 is 0.846 bits per heavy atom. The first kappa shape index (κ1) is 27.7. The van der Waals surface area contributed by atoms with Gasteiger partial charge in [0.15, 0.2) is 0 Å². The quantitative estimate of drug-likeness (QED) is 0.288. The Morgan fingerprint density at radius 2 is 1.51 bits per heavy atom. The van der Waals surface area contributed by atoms with E-state index in [-0.39, 0.29) is 16.3 Å². The second-order valence-corrected chi connectivity index (χ2v) is 11.0. The van der Waals surface area contributed by atoms with Crippen LogP contribution in [-0.4, -0.2) is 35.1 Å². The molecule has 0 spiro atoms. The molecule has 4 aromatic carbocycles. The summed E-state index contributed by atoms with van der Waals surface area (Å²) in [6.45, 7) is 3.38. The molecule has 1 atom stereocenters. The van der Waals surface area contributed by atoms with Crippen LogP contribution in [0.1, 0.15) is 28.3 Å². The highest BCUT2D eigenvalue weighted by Gasteiger charge is 2.31. The average Bonchev–Trinajstić information content (AvgIpc) is 2.95. The second-order valence-electron chi connectivity index (χ2n) is 9.13. The maximum absolute atomic E-state index is 14.0. The first-order valence-corrected chi connectivity index (χ1v) is 13.9. The van der Waals surface area contributed by atoms with Gasteiger partial charge in [0.1, 0.15) is 18.0 Å². The number of sulfonamides is 1. The molecule has 0 aromatic heterocycles. The highest BCUT2D eigenvalue weighted by Crippen LogP contribution is 2.36. The molecule has 0 radical (unpaired) electrons. The fourth-order valence-corrected chi connectivity index (χ4v) is 5.79. The lowest BCUT2D eigenvalue weighted by atomic mass is 9.95. The van der Waals surface area contributed by atoms with Crippen molar-refractivity contribution in [3.63, 3.8) is 0 Å². The molecule has 1 amide bonds. The van der Waals surface area contributed by atoms with Crippen LogP contribution in [0.3, 0.4) is 0 Å². The third-order valence-corrected chi connectivity index (χ3v) is 8.26. The SMILES string of the molecule is COc1ccc(OC)c(N(CC(=O)N[C@H](c2ccccc2)c2ccccc2C)S(=O)(=O)c2ccc(C)cc2)c1. The van der Waals surface area contributed by atoms with E-state index < -0.39 is 28.5 Å². The zero-order valence-corrected chi connectivity index (χ0v) is 23.2. The number of carbonyl (C=O) groups excluding carboxylic acids is 1. The molecule has 0 aliphatic heterocycles. The highest BCUT2D eigenvalue weighted by molar-refractivity contribution is 7.92. The third kappa shape index (κ3) is 6.23. The molecule has 202 valence electrons. The summed E-state index contributed by atoms with van der Waals surface area (Å²) in [5.41, 5.74) is 3.92. The number of anilines is 1. The maximum Gasteiger partial charge on any atom is 0.264 e. The Hall–Kier alpha value is -4.30. The Balaban J connectivity index is 1.77. The van der Waals surface area contributed by atoms with E-state index in [0.717, 1.165) is 26.6 Å². The zero-order chi connectivity index (χ0) is 28.0. The van der Waals surface area contributed by atoms with Crippen LogP contribution in [0.15, 0.2) is 102 Å². The number of nitrogens with one attached hydrogen (secondary N) is 1. The lowest BCUT2D eigenvalue weighted by Gasteiger charge is -2.28. The van der Waals surface area contributed by atoms with Gasteiger partial charge in [0, 0.05) is 6.07 Å². The predicted octanol–water partition coefficient (Wildman–Crippen LogP) is 5.42. The van der Waals surface area contributed by atoms with Gasteiger partial charge in [-0.3, -0.25) is 9.10 Å². The van der Waals surface area contributed by atoms with Gasteiger partial charge in [-0.1, -0.05) is 72.3 Å². The minimum atomic E-state index is -4.16. The number of carbonyl (C=O) groups is 1. The van der Waals surface area contributed by atoms with Crippen molar-refractivity contribution in [2.24, 2.45) is 0 Å². The monoisotopic (exact) mass is 544 g/mol. The van der Waals surface area contributed by atoms with Gasteiger partial charge in [-0.2, -0.15) is 0 Å². The van der Waals surface area contributed by atoms with Crippen molar-refractivity contribution in [1.82, 2.24) is 5.32 Å². The lowest BCUT2D eigenvalue weighted by Crippen LogP contribution is -2.42. The summed E-state index contributed by atoms with van der Waals surface area (Å²) in [7, 11) is -1.22. The van der Waals surface area contributed by atoms with E-state index in [0.29, 0.717) is 5.75 Å². The van der Waals surface area contributed by atoms with E-state index in [4.69, 9.17) is 9.47 Å². The Morgan fingerprint density at radius 3 is 2.15 bits per heavy atom. The van der Waals surface area contributed by atoms with Gasteiger partial charge in [-0.25, -0.2) is 8.42 Å². The summed E-state index contributed by atoms with van der Waals surface area (Å²) in [5, 5.41) is 3.07. The van der Waals surface area contributed by atoms with Gasteiger partial charge in [-0.05, 0) is 54.8 Å². The number of amides is 1. The smallest absolute Gasteiger partial charge is 0.264 e. The van der Waals surface area contributed by atoms with Gasteiger partial charge in [-0.15, -0.1) is 0 Å². The van der Waals surface area contributed by atoms with Crippen LogP contribution in [0, 0.1) is 13.8 Å². The van der Waals surface area contributed by atoms with Crippen molar-refractivity contribution in [3.8, 4) is 11.5 Å². The van der Waals surface area contributed by atoms with Crippen LogP contribution < -0.4 is 19.1 Å². The molecule has 0 unspecified atom stereocenters. The van der Waals surface area contributed by atoms with Crippen molar-refractivity contribution < 1.29 is 22.7 Å². The first-order valence-electron chi connectivity index (χ1n) is 12.5. The van der Waals surface area contributed by atoms with Crippen molar-refractivity contribution >= 4 is 21.6 Å². The predicted molar refractivity (Wildman–Crippen MR) is 153 cm³/mol. The summed E-state index contributed by atoms with van der Waals surface area (Å²) in [6, 6.07) is 28.2. The number of rotatable bonds is 10. The maximum atomic E-state index is 14.0. The van der Waals surface area contributed by atoms with Gasteiger partial charge in [0.25, 0.3) is 10.0 Å². The number of benzene rings is 4. The number of aryl methyl sites for hydroxylation is 2. The molecule has 0 heterocycles. The molecule has 0 aliphatic rings. The lowest BCUT2D eigenvalue weighted by molar-refractivity contribution is -0.120. The molecule has 4 rings (SSSR count). The van der Waals surface area contributed by atoms with E-state index in [2.05, 4.69) is 5.32 Å². The molecule has 0 aliphatic carbocycles. The summed E-state index contributed by atoms with van der Waals surface area (Å²) in [6.07, 6.45) is 0. The largest absolute Gasteiger partial charge is 0.497 e. The normalized spacial score (nSPS) is 11.9. The third-order valence-electron chi connectivity index (χ3n) is 6.49. The van der Waals surface area contributed by atoms with Gasteiger partial charge >= 0.3 is 0 Å². The van der Waals surface area contributed by atoms with Crippen molar-refractivity contribution in [2.75, 3.05) is 25.1 Å². The van der Waals surface area contributed by atoms with E-state index >= 15 is 0 Å². The topological polar surface area (TPSA) is 84.9 Å². The van der Waals surface area contributed by atoms with Crippen molar-refractivity contribution in [2.45, 2.75) is 24.8 Å². The molecular weight excluding hydrogens is 512 g/mol. The molecule has 0 saturated heterocycles. The number of ether oxygens (including phenoxy) is 2. The fraction of sp³-hybridized carbons (Fsp3) is 0.194. The van der Waals surface area contributed by atoms with Gasteiger partial charge in [0.05, 0.1) is 30.8 Å². The van der Waals surface area contributed by atoms with Gasteiger partial charge in [0.2, 0.25) is 5.91 Å². The Bertz CT molecular complexity index is 1540. The summed E-state index contributed by atoms with van der Waals surface area (Å²) in [4.78, 5) is 13.8. The van der Waals surface area contributed by atoms with Crippen LogP contribution in [0.4, 0.5) is 5.69 Å². The molecule has 0 fully saturated rings. The van der Waals surface area contributed by atoms with E-state index in [1.54, 1.807) is 30.3 Å². The van der Waals surface area contributed by atoms with E-state index in [9.17, 15) is 13.2 Å². The summed E-state index contributed by atoms with van der Waals surface area (Å²) >= 11 is 0. The summed E-state index contributed by atoms with van der Waals surface area (Å²) in [5.74, 6) is 0.239. The van der Waals surface area contributed by atoms with Crippen LogP contribution in [-0.2, 0) is 14.8 Å². The molecule has 4 aromatic rings. The van der Waals surface area contributed by atoms with Crippen LogP contribution in [0.25, 0.3) is 0 Å². The average molecular weight is 545 g/mol. The zero-order valence-electron chi connectivity index (χ0n) is 22.4. The van der Waals surface area contributed by atoms with Crippen LogP contribution >= 0.6 is 0 Å². The van der Waals surface area contributed by atoms with Crippen molar-refractivity contribution in [3.05, 3.63) is 119 Å². The fourth-order valence-electron chi connectivity index (χ4n) is 4.36. The number of hydrogen-bond acceptors (Lipinski definition) is 5. The Kier molecular flexibility index (Phi) is 8.56. The van der Waals surface area contributed by atoms with Crippen LogP contribution in [0.2, 0.25) is 0 Å². The molecule has 1 N–H and O–H groups in total. The standard InChI is InChI=1S/C31H32N2O5S/c1-22-14-17-26(18-15-22)39(35,36)33(28-20-25(37-3)16-19-29(28)38-4)21-30(34)32-31(24-11-6-5-7-12-24)27-13-9-8-10-23(27)2/h5-20,31H,21H2,1-4H3,(H,32,34)/t31-/m1/s1. The first-order chi connectivity index (χ1) is 18.7. The summed E-state index contributed by atoms with van der Waals surface area (Å²) < 4.78 is 39.9. The number of hydrogen-bond donors (Lipinski definition) is 1.